The number of benzene rings is 1. The first-order valence-corrected chi connectivity index (χ1v) is 7.49. The van der Waals surface area contributed by atoms with Gasteiger partial charge in [-0.05, 0) is 23.6 Å². The molecular weight excluding hydrogens is 292 g/mol. The van der Waals surface area contributed by atoms with Crippen molar-refractivity contribution in [2.75, 3.05) is 0 Å². The van der Waals surface area contributed by atoms with E-state index in [1.54, 1.807) is 18.3 Å². The van der Waals surface area contributed by atoms with Crippen molar-refractivity contribution in [1.29, 1.82) is 0 Å². The van der Waals surface area contributed by atoms with Crippen molar-refractivity contribution in [3.05, 3.63) is 66.0 Å². The van der Waals surface area contributed by atoms with Crippen LogP contribution in [0.4, 0.5) is 0 Å². The number of nitrogens with zero attached hydrogens (tertiary/aromatic N) is 1. The molecule has 0 unspecified atom stereocenters. The fraction of sp³-hybridized carbons (Fsp3) is 0.278. The van der Waals surface area contributed by atoms with Gasteiger partial charge in [0.1, 0.15) is 12.6 Å². The molecule has 0 aliphatic carbocycles. The van der Waals surface area contributed by atoms with Gasteiger partial charge in [-0.15, -0.1) is 0 Å². The van der Waals surface area contributed by atoms with Gasteiger partial charge in [-0.1, -0.05) is 44.2 Å². The molecule has 1 aromatic carbocycles. The zero-order valence-electron chi connectivity index (χ0n) is 13.2. The molecule has 120 valence electrons. The van der Waals surface area contributed by atoms with Gasteiger partial charge in [-0.2, -0.15) is 0 Å². The lowest BCUT2D eigenvalue weighted by Crippen LogP contribution is -2.45. The predicted molar refractivity (Wildman–Crippen MR) is 86.6 cm³/mol. The first kappa shape index (κ1) is 16.7. The SMILES string of the molecule is CC(C)[C@H](NC(=O)c1cccnc1)C(=O)OCc1ccccc1. The van der Waals surface area contributed by atoms with Crippen molar-refractivity contribution in [1.82, 2.24) is 10.3 Å². The van der Waals surface area contributed by atoms with Crippen LogP contribution in [0.25, 0.3) is 0 Å². The van der Waals surface area contributed by atoms with E-state index in [9.17, 15) is 9.59 Å². The second kappa shape index (κ2) is 8.08. The third-order valence-electron chi connectivity index (χ3n) is 3.35. The normalized spacial score (nSPS) is 11.8. The highest BCUT2D eigenvalue weighted by Crippen LogP contribution is 2.08. The number of aromatic nitrogens is 1. The molecule has 0 radical (unpaired) electrons. The Bertz CT molecular complexity index is 642. The summed E-state index contributed by atoms with van der Waals surface area (Å²) in [4.78, 5) is 28.4. The largest absolute Gasteiger partial charge is 0.459 e. The highest BCUT2D eigenvalue weighted by atomic mass is 16.5. The number of carbonyl (C=O) groups is 2. The topological polar surface area (TPSA) is 68.3 Å². The Kier molecular flexibility index (Phi) is 5.86. The minimum atomic E-state index is -0.702. The molecule has 1 aromatic heterocycles. The molecule has 1 heterocycles. The van der Waals surface area contributed by atoms with Gasteiger partial charge in [0.15, 0.2) is 0 Å². The first-order valence-electron chi connectivity index (χ1n) is 7.49. The van der Waals surface area contributed by atoms with E-state index in [1.165, 1.54) is 6.20 Å². The summed E-state index contributed by atoms with van der Waals surface area (Å²) < 4.78 is 5.32. The third-order valence-corrected chi connectivity index (χ3v) is 3.35. The molecule has 1 amide bonds. The lowest BCUT2D eigenvalue weighted by atomic mass is 10.0. The van der Waals surface area contributed by atoms with Crippen LogP contribution in [0, 0.1) is 5.92 Å². The monoisotopic (exact) mass is 312 g/mol. The summed E-state index contributed by atoms with van der Waals surface area (Å²) in [6.45, 7) is 3.90. The lowest BCUT2D eigenvalue weighted by Gasteiger charge is -2.20. The molecule has 0 bridgehead atoms. The van der Waals surface area contributed by atoms with E-state index in [-0.39, 0.29) is 18.4 Å². The van der Waals surface area contributed by atoms with Gasteiger partial charge in [0.25, 0.3) is 5.91 Å². The Hall–Kier alpha value is -2.69. The zero-order chi connectivity index (χ0) is 16.7. The molecule has 0 saturated heterocycles. The molecule has 2 rings (SSSR count). The van der Waals surface area contributed by atoms with Crippen molar-refractivity contribution >= 4 is 11.9 Å². The second-order valence-corrected chi connectivity index (χ2v) is 5.53. The lowest BCUT2D eigenvalue weighted by molar-refractivity contribution is -0.148. The average Bonchev–Trinajstić information content (AvgIpc) is 2.58. The molecule has 23 heavy (non-hydrogen) atoms. The molecule has 2 aromatic rings. The fourth-order valence-corrected chi connectivity index (χ4v) is 2.04. The van der Waals surface area contributed by atoms with Crippen molar-refractivity contribution in [2.45, 2.75) is 26.5 Å². The van der Waals surface area contributed by atoms with Crippen LogP contribution in [-0.4, -0.2) is 22.9 Å². The number of pyridine rings is 1. The van der Waals surface area contributed by atoms with Crippen molar-refractivity contribution in [2.24, 2.45) is 5.92 Å². The van der Waals surface area contributed by atoms with Crippen LogP contribution in [0.5, 0.6) is 0 Å². The van der Waals surface area contributed by atoms with Gasteiger partial charge < -0.3 is 10.1 Å². The minimum absolute atomic E-state index is 0.0844. The van der Waals surface area contributed by atoms with Gasteiger partial charge in [-0.25, -0.2) is 4.79 Å². The Balaban J connectivity index is 1.97. The molecule has 0 aliphatic heterocycles. The van der Waals surface area contributed by atoms with E-state index >= 15 is 0 Å². The van der Waals surface area contributed by atoms with Crippen molar-refractivity contribution in [3.8, 4) is 0 Å². The van der Waals surface area contributed by atoms with Gasteiger partial charge in [0.05, 0.1) is 5.56 Å². The quantitative estimate of drug-likeness (QED) is 0.832. The summed E-state index contributed by atoms with van der Waals surface area (Å²) in [7, 11) is 0. The summed E-state index contributed by atoms with van der Waals surface area (Å²) >= 11 is 0. The summed E-state index contributed by atoms with van der Waals surface area (Å²) in [5, 5.41) is 2.72. The van der Waals surface area contributed by atoms with Crippen LogP contribution in [0.15, 0.2) is 54.9 Å². The number of amides is 1. The van der Waals surface area contributed by atoms with Crippen molar-refractivity contribution in [3.63, 3.8) is 0 Å². The Labute approximate surface area is 135 Å². The maximum absolute atomic E-state index is 12.3. The Morgan fingerprint density at radius 2 is 1.87 bits per heavy atom. The standard InChI is InChI=1S/C18H20N2O3/c1-13(2)16(20-17(21)15-9-6-10-19-11-15)18(22)23-12-14-7-4-3-5-8-14/h3-11,13,16H,12H2,1-2H3,(H,20,21)/t16-/m0/s1. The number of hydrogen-bond donors (Lipinski definition) is 1. The van der Waals surface area contributed by atoms with Gasteiger partial charge in [-0.3, -0.25) is 9.78 Å². The number of rotatable bonds is 6. The average molecular weight is 312 g/mol. The predicted octanol–water partition coefficient (Wildman–Crippen LogP) is 2.58. The summed E-state index contributed by atoms with van der Waals surface area (Å²) in [5.41, 5.74) is 1.32. The summed E-state index contributed by atoms with van der Waals surface area (Å²) in [5.74, 6) is -0.867. The number of esters is 1. The molecule has 5 nitrogen and oxygen atoms in total. The van der Waals surface area contributed by atoms with Crippen molar-refractivity contribution < 1.29 is 14.3 Å². The van der Waals surface area contributed by atoms with E-state index < -0.39 is 12.0 Å². The number of nitrogens with one attached hydrogen (secondary N) is 1. The molecule has 1 atom stereocenters. The third kappa shape index (κ3) is 4.92. The summed E-state index contributed by atoms with van der Waals surface area (Å²) in [6.07, 6.45) is 3.05. The van der Waals surface area contributed by atoms with Crippen LogP contribution in [0.1, 0.15) is 29.8 Å². The van der Waals surface area contributed by atoms with E-state index in [0.29, 0.717) is 5.56 Å². The molecule has 0 spiro atoms. The van der Waals surface area contributed by atoms with Gasteiger partial charge in [0.2, 0.25) is 0 Å². The Morgan fingerprint density at radius 3 is 2.48 bits per heavy atom. The number of hydrogen-bond acceptors (Lipinski definition) is 4. The second-order valence-electron chi connectivity index (χ2n) is 5.53. The smallest absolute Gasteiger partial charge is 0.329 e. The van der Waals surface area contributed by atoms with Gasteiger partial charge >= 0.3 is 5.97 Å². The van der Waals surface area contributed by atoms with Crippen LogP contribution in [-0.2, 0) is 16.1 Å². The maximum Gasteiger partial charge on any atom is 0.329 e. The fourth-order valence-electron chi connectivity index (χ4n) is 2.04. The van der Waals surface area contributed by atoms with E-state index in [4.69, 9.17) is 4.74 Å². The number of carbonyl (C=O) groups excluding carboxylic acids is 2. The van der Waals surface area contributed by atoms with Crippen LogP contribution in [0.2, 0.25) is 0 Å². The Morgan fingerprint density at radius 1 is 1.13 bits per heavy atom. The highest BCUT2D eigenvalue weighted by molar-refractivity contribution is 5.96. The van der Waals surface area contributed by atoms with E-state index in [1.807, 2.05) is 44.2 Å². The van der Waals surface area contributed by atoms with E-state index in [2.05, 4.69) is 10.3 Å². The van der Waals surface area contributed by atoms with E-state index in [0.717, 1.165) is 5.56 Å². The van der Waals surface area contributed by atoms with Crippen LogP contribution < -0.4 is 5.32 Å². The highest BCUT2D eigenvalue weighted by Gasteiger charge is 2.26. The minimum Gasteiger partial charge on any atom is -0.459 e. The zero-order valence-corrected chi connectivity index (χ0v) is 13.2. The first-order chi connectivity index (χ1) is 11.1. The van der Waals surface area contributed by atoms with Gasteiger partial charge in [0, 0.05) is 12.4 Å². The van der Waals surface area contributed by atoms with Crippen LogP contribution >= 0.6 is 0 Å². The maximum atomic E-state index is 12.3. The number of ether oxygens (including phenoxy) is 1. The van der Waals surface area contributed by atoms with Crippen LogP contribution in [0.3, 0.4) is 0 Å². The molecule has 1 N–H and O–H groups in total. The molecule has 0 fully saturated rings. The molecule has 0 saturated carbocycles. The molecule has 5 heteroatoms. The molecular formula is C18H20N2O3. The molecule has 0 aliphatic rings. The summed E-state index contributed by atoms with van der Waals surface area (Å²) in [6, 6.07) is 12.0.